The lowest BCUT2D eigenvalue weighted by Gasteiger charge is -2.30. The number of carbonyl (C=O) groups is 2. The Balaban J connectivity index is 2.20. The van der Waals surface area contributed by atoms with Crippen LogP contribution in [0.4, 0.5) is 13.2 Å². The van der Waals surface area contributed by atoms with Crippen LogP contribution in [-0.4, -0.2) is 76.5 Å². The van der Waals surface area contributed by atoms with E-state index in [1.807, 2.05) is 0 Å². The van der Waals surface area contributed by atoms with E-state index in [0.717, 1.165) is 0 Å². The summed E-state index contributed by atoms with van der Waals surface area (Å²) in [6, 6.07) is 5.72. The predicted octanol–water partition coefficient (Wildman–Crippen LogP) is 1.23. The number of alkyl halides is 3. The molecule has 2 amide bonds. The third-order valence-corrected chi connectivity index (χ3v) is 4.71. The van der Waals surface area contributed by atoms with Crippen LogP contribution in [0, 0.1) is 5.41 Å². The van der Waals surface area contributed by atoms with Crippen molar-refractivity contribution in [2.45, 2.75) is 45.6 Å². The van der Waals surface area contributed by atoms with Gasteiger partial charge in [0, 0.05) is 11.9 Å². The second-order valence-corrected chi connectivity index (χ2v) is 8.61. The fourth-order valence-electron chi connectivity index (χ4n) is 3.06. The SMILES string of the molecule is CC(C)(C)C(NC(=O)c1nn(CCOCC(F)(F)F)c2ccccc12)C(=O)NC[C@H](O)CO. The molecule has 0 bridgehead atoms. The van der Waals surface area contributed by atoms with Crippen LogP contribution in [0.3, 0.4) is 0 Å². The molecule has 0 saturated carbocycles. The highest BCUT2D eigenvalue weighted by molar-refractivity contribution is 6.06. The fourth-order valence-corrected chi connectivity index (χ4v) is 3.06. The highest BCUT2D eigenvalue weighted by atomic mass is 19.4. The zero-order valence-electron chi connectivity index (χ0n) is 18.6. The minimum Gasteiger partial charge on any atom is -0.394 e. The molecule has 0 radical (unpaired) electrons. The fraction of sp³-hybridized carbons (Fsp3) is 0.571. The molecule has 0 aliphatic rings. The number of ether oxygens (including phenoxy) is 1. The summed E-state index contributed by atoms with van der Waals surface area (Å²) in [5, 5.41) is 28.2. The molecule has 33 heavy (non-hydrogen) atoms. The van der Waals surface area contributed by atoms with Crippen molar-refractivity contribution in [3.63, 3.8) is 0 Å². The van der Waals surface area contributed by atoms with Crippen molar-refractivity contribution in [1.29, 1.82) is 0 Å². The molecule has 9 nitrogen and oxygen atoms in total. The zero-order valence-corrected chi connectivity index (χ0v) is 18.6. The van der Waals surface area contributed by atoms with Crippen LogP contribution in [0.25, 0.3) is 10.9 Å². The monoisotopic (exact) mass is 474 g/mol. The number of fused-ring (bicyclic) bond motifs is 1. The highest BCUT2D eigenvalue weighted by Crippen LogP contribution is 2.22. The molecule has 0 spiro atoms. The molecule has 12 heteroatoms. The Hall–Kier alpha value is -2.70. The Labute approximate surface area is 188 Å². The number of rotatable bonds is 10. The summed E-state index contributed by atoms with van der Waals surface area (Å²) in [5.41, 5.74) is -0.159. The van der Waals surface area contributed by atoms with Gasteiger partial charge in [-0.05, 0) is 11.5 Å². The second kappa shape index (κ2) is 10.9. The summed E-state index contributed by atoms with van der Waals surface area (Å²) >= 11 is 0. The van der Waals surface area contributed by atoms with Crippen LogP contribution in [0.2, 0.25) is 0 Å². The van der Waals surface area contributed by atoms with Gasteiger partial charge < -0.3 is 25.6 Å². The van der Waals surface area contributed by atoms with E-state index in [4.69, 9.17) is 5.11 Å². The number of hydrogen-bond acceptors (Lipinski definition) is 6. The normalized spacial score (nSPS) is 14.2. The lowest BCUT2D eigenvalue weighted by molar-refractivity contribution is -0.174. The number of carbonyl (C=O) groups excluding carboxylic acids is 2. The van der Waals surface area contributed by atoms with Crippen LogP contribution < -0.4 is 10.6 Å². The maximum absolute atomic E-state index is 13.1. The lowest BCUT2D eigenvalue weighted by atomic mass is 9.86. The van der Waals surface area contributed by atoms with Crippen molar-refractivity contribution < 1.29 is 37.7 Å². The molecule has 0 saturated heterocycles. The van der Waals surface area contributed by atoms with Crippen molar-refractivity contribution >= 4 is 22.7 Å². The molecular weight excluding hydrogens is 445 g/mol. The van der Waals surface area contributed by atoms with Gasteiger partial charge in [-0.1, -0.05) is 39.0 Å². The average Bonchev–Trinajstić information content (AvgIpc) is 3.10. The van der Waals surface area contributed by atoms with Gasteiger partial charge >= 0.3 is 6.18 Å². The summed E-state index contributed by atoms with van der Waals surface area (Å²) in [4.78, 5) is 25.7. The largest absolute Gasteiger partial charge is 0.411 e. The van der Waals surface area contributed by atoms with Gasteiger partial charge in [0.25, 0.3) is 5.91 Å². The van der Waals surface area contributed by atoms with Gasteiger partial charge in [-0.3, -0.25) is 14.3 Å². The number of hydrogen-bond donors (Lipinski definition) is 4. The number of nitrogens with one attached hydrogen (secondary N) is 2. The maximum atomic E-state index is 13.1. The van der Waals surface area contributed by atoms with Crippen LogP contribution in [0.1, 0.15) is 31.3 Å². The molecule has 0 fully saturated rings. The Morgan fingerprint density at radius 2 is 1.88 bits per heavy atom. The topological polar surface area (TPSA) is 126 Å². The number of aliphatic hydroxyl groups is 2. The van der Waals surface area contributed by atoms with E-state index in [0.29, 0.717) is 10.9 Å². The van der Waals surface area contributed by atoms with E-state index < -0.39 is 48.8 Å². The molecule has 1 aromatic heterocycles. The van der Waals surface area contributed by atoms with Gasteiger partial charge in [0.2, 0.25) is 5.91 Å². The van der Waals surface area contributed by atoms with Gasteiger partial charge in [-0.25, -0.2) is 0 Å². The molecule has 1 heterocycles. The first kappa shape index (κ1) is 26.6. The van der Waals surface area contributed by atoms with Gasteiger partial charge in [0.1, 0.15) is 12.6 Å². The van der Waals surface area contributed by atoms with E-state index >= 15 is 0 Å². The summed E-state index contributed by atoms with van der Waals surface area (Å²) in [7, 11) is 0. The van der Waals surface area contributed by atoms with E-state index in [1.165, 1.54) is 4.68 Å². The van der Waals surface area contributed by atoms with Gasteiger partial charge in [-0.2, -0.15) is 18.3 Å². The van der Waals surface area contributed by atoms with E-state index in [2.05, 4.69) is 20.5 Å². The molecule has 2 aromatic rings. The minimum atomic E-state index is -4.44. The van der Waals surface area contributed by atoms with Crippen molar-refractivity contribution in [1.82, 2.24) is 20.4 Å². The predicted molar refractivity (Wildman–Crippen MR) is 113 cm³/mol. The summed E-state index contributed by atoms with van der Waals surface area (Å²) < 4.78 is 42.9. The van der Waals surface area contributed by atoms with Gasteiger partial charge in [0.15, 0.2) is 5.69 Å². The van der Waals surface area contributed by atoms with E-state index in [9.17, 15) is 27.9 Å². The van der Waals surface area contributed by atoms with Crippen molar-refractivity contribution in [3.05, 3.63) is 30.0 Å². The number of amides is 2. The first-order valence-corrected chi connectivity index (χ1v) is 10.3. The molecule has 2 rings (SSSR count). The number of para-hydroxylation sites is 1. The first-order chi connectivity index (χ1) is 15.3. The standard InChI is InChI=1S/C21H29F3N4O5/c1-20(2,3)17(19(32)25-10-13(30)11-29)26-18(31)16-14-6-4-5-7-15(14)28(27-16)8-9-33-12-21(22,23)24/h4-7,13,17,29-30H,8-12H2,1-3H3,(H,25,32)(H,26,31)/t13-,17?/m0/s1. The number of benzene rings is 1. The molecule has 2 atom stereocenters. The number of nitrogens with zero attached hydrogens (tertiary/aromatic N) is 2. The molecule has 184 valence electrons. The van der Waals surface area contributed by atoms with Crippen LogP contribution in [0.15, 0.2) is 24.3 Å². The van der Waals surface area contributed by atoms with Crippen molar-refractivity contribution in [3.8, 4) is 0 Å². The Morgan fingerprint density at radius 3 is 2.48 bits per heavy atom. The number of aromatic nitrogens is 2. The highest BCUT2D eigenvalue weighted by Gasteiger charge is 2.34. The molecule has 1 unspecified atom stereocenters. The smallest absolute Gasteiger partial charge is 0.394 e. The molecule has 4 N–H and O–H groups in total. The zero-order chi connectivity index (χ0) is 24.8. The summed E-state index contributed by atoms with van der Waals surface area (Å²) in [5.74, 6) is -1.19. The Morgan fingerprint density at radius 1 is 1.21 bits per heavy atom. The Bertz CT molecular complexity index is 956. The number of aliphatic hydroxyl groups excluding tert-OH is 2. The van der Waals surface area contributed by atoms with E-state index in [1.54, 1.807) is 45.0 Å². The molecule has 1 aromatic carbocycles. The van der Waals surface area contributed by atoms with Crippen molar-refractivity contribution in [2.75, 3.05) is 26.4 Å². The number of halogens is 3. The quantitative estimate of drug-likeness (QED) is 0.384. The summed E-state index contributed by atoms with van der Waals surface area (Å²) in [6.45, 7) is 2.87. The van der Waals surface area contributed by atoms with Crippen LogP contribution in [-0.2, 0) is 16.1 Å². The molecule has 0 aliphatic heterocycles. The van der Waals surface area contributed by atoms with E-state index in [-0.39, 0.29) is 25.4 Å². The van der Waals surface area contributed by atoms with Gasteiger partial charge in [0.05, 0.1) is 31.4 Å². The third-order valence-electron chi connectivity index (χ3n) is 4.71. The lowest BCUT2D eigenvalue weighted by Crippen LogP contribution is -2.54. The van der Waals surface area contributed by atoms with Crippen molar-refractivity contribution in [2.24, 2.45) is 5.41 Å². The minimum absolute atomic E-state index is 0.00783. The van der Waals surface area contributed by atoms with Crippen LogP contribution >= 0.6 is 0 Å². The average molecular weight is 474 g/mol. The van der Waals surface area contributed by atoms with Crippen LogP contribution in [0.5, 0.6) is 0 Å². The summed E-state index contributed by atoms with van der Waals surface area (Å²) in [6.07, 6.45) is -5.57. The molecule has 0 aliphatic carbocycles. The Kier molecular flexibility index (Phi) is 8.81. The second-order valence-electron chi connectivity index (χ2n) is 8.61. The van der Waals surface area contributed by atoms with Gasteiger partial charge in [-0.15, -0.1) is 0 Å². The third kappa shape index (κ3) is 7.69. The maximum Gasteiger partial charge on any atom is 0.411 e. The first-order valence-electron chi connectivity index (χ1n) is 10.3. The molecular formula is C21H29F3N4O5.